The standard InChI is InChI=1S/C6H13NO2/c1-5(3-7)2-6(9)4-8/h2,6,8-9H,3-4,7H2,1H3/b5-2+. The third-order valence-electron chi connectivity index (χ3n) is 0.986. The van der Waals surface area contributed by atoms with Gasteiger partial charge in [-0.25, -0.2) is 0 Å². The van der Waals surface area contributed by atoms with Gasteiger partial charge in [-0.2, -0.15) is 0 Å². The van der Waals surface area contributed by atoms with Gasteiger partial charge in [0.1, 0.15) is 0 Å². The molecule has 0 saturated carbocycles. The predicted octanol–water partition coefficient (Wildman–Crippen LogP) is -0.755. The molecular weight excluding hydrogens is 118 g/mol. The van der Waals surface area contributed by atoms with Crippen LogP contribution in [0.4, 0.5) is 0 Å². The lowest BCUT2D eigenvalue weighted by molar-refractivity contribution is 0.130. The van der Waals surface area contributed by atoms with Gasteiger partial charge < -0.3 is 15.9 Å². The van der Waals surface area contributed by atoms with E-state index in [1.54, 1.807) is 13.0 Å². The van der Waals surface area contributed by atoms with Crippen LogP contribution in [0, 0.1) is 0 Å². The summed E-state index contributed by atoms with van der Waals surface area (Å²) in [6.07, 6.45) is 0.786. The highest BCUT2D eigenvalue weighted by Crippen LogP contribution is 1.91. The molecule has 0 aliphatic carbocycles. The average molecular weight is 131 g/mol. The van der Waals surface area contributed by atoms with Gasteiger partial charge >= 0.3 is 0 Å². The average Bonchev–Trinajstić information content (AvgIpc) is 1.87. The highest BCUT2D eigenvalue weighted by molar-refractivity contribution is 5.02. The van der Waals surface area contributed by atoms with Crippen LogP contribution in [-0.4, -0.2) is 29.5 Å². The fourth-order valence-corrected chi connectivity index (χ4v) is 0.449. The molecule has 0 heterocycles. The van der Waals surface area contributed by atoms with Crippen LogP contribution < -0.4 is 5.73 Å². The third-order valence-corrected chi connectivity index (χ3v) is 0.986. The molecule has 0 aromatic heterocycles. The van der Waals surface area contributed by atoms with E-state index in [1.807, 2.05) is 0 Å². The second kappa shape index (κ2) is 4.49. The van der Waals surface area contributed by atoms with Crippen LogP contribution in [0.2, 0.25) is 0 Å². The minimum Gasteiger partial charge on any atom is -0.393 e. The van der Waals surface area contributed by atoms with Crippen molar-refractivity contribution in [2.45, 2.75) is 13.0 Å². The molecule has 0 saturated heterocycles. The molecule has 0 spiro atoms. The lowest BCUT2D eigenvalue weighted by Crippen LogP contribution is -2.11. The Bertz CT molecular complexity index is 101. The van der Waals surface area contributed by atoms with Crippen molar-refractivity contribution in [3.05, 3.63) is 11.6 Å². The molecule has 3 heteroatoms. The highest BCUT2D eigenvalue weighted by atomic mass is 16.3. The summed E-state index contributed by atoms with van der Waals surface area (Å²) in [7, 11) is 0. The van der Waals surface area contributed by atoms with Crippen molar-refractivity contribution in [1.82, 2.24) is 0 Å². The number of nitrogens with two attached hydrogens (primary N) is 1. The zero-order valence-corrected chi connectivity index (χ0v) is 5.54. The molecule has 1 unspecified atom stereocenters. The zero-order valence-electron chi connectivity index (χ0n) is 5.54. The first kappa shape index (κ1) is 8.62. The Labute approximate surface area is 54.8 Å². The summed E-state index contributed by atoms with van der Waals surface area (Å²) in [6.45, 7) is 1.99. The van der Waals surface area contributed by atoms with E-state index < -0.39 is 6.10 Å². The van der Waals surface area contributed by atoms with E-state index in [1.165, 1.54) is 0 Å². The molecule has 0 aliphatic heterocycles. The molecule has 1 atom stereocenters. The quantitative estimate of drug-likeness (QED) is 0.441. The maximum Gasteiger partial charge on any atom is 0.0954 e. The summed E-state index contributed by atoms with van der Waals surface area (Å²) in [6, 6.07) is 0. The Morgan fingerprint density at radius 1 is 1.78 bits per heavy atom. The van der Waals surface area contributed by atoms with Crippen molar-refractivity contribution in [3.63, 3.8) is 0 Å². The van der Waals surface area contributed by atoms with Crippen molar-refractivity contribution < 1.29 is 10.2 Å². The molecule has 0 radical (unpaired) electrons. The first-order valence-corrected chi connectivity index (χ1v) is 2.87. The van der Waals surface area contributed by atoms with E-state index in [2.05, 4.69) is 0 Å². The zero-order chi connectivity index (χ0) is 7.28. The molecule has 0 aromatic carbocycles. The Morgan fingerprint density at radius 2 is 2.33 bits per heavy atom. The monoisotopic (exact) mass is 131 g/mol. The third kappa shape index (κ3) is 4.14. The van der Waals surface area contributed by atoms with Gasteiger partial charge in [-0.1, -0.05) is 11.6 Å². The van der Waals surface area contributed by atoms with Crippen LogP contribution >= 0.6 is 0 Å². The van der Waals surface area contributed by atoms with Crippen molar-refractivity contribution in [2.75, 3.05) is 13.2 Å². The first-order chi connectivity index (χ1) is 4.20. The molecule has 54 valence electrons. The molecule has 3 nitrogen and oxygen atoms in total. The maximum atomic E-state index is 8.78. The molecule has 0 aromatic rings. The SMILES string of the molecule is C/C(=C\C(O)CO)CN. The second-order valence-electron chi connectivity index (χ2n) is 1.97. The van der Waals surface area contributed by atoms with E-state index in [-0.39, 0.29) is 6.61 Å². The molecule has 9 heavy (non-hydrogen) atoms. The van der Waals surface area contributed by atoms with Crippen molar-refractivity contribution in [2.24, 2.45) is 5.73 Å². The van der Waals surface area contributed by atoms with Crippen molar-refractivity contribution in [3.8, 4) is 0 Å². The van der Waals surface area contributed by atoms with Crippen molar-refractivity contribution >= 4 is 0 Å². The molecule has 0 fully saturated rings. The summed E-state index contributed by atoms with van der Waals surface area (Å²) < 4.78 is 0. The Morgan fingerprint density at radius 3 is 2.67 bits per heavy atom. The Hall–Kier alpha value is -0.380. The number of aliphatic hydroxyl groups is 2. The first-order valence-electron chi connectivity index (χ1n) is 2.87. The van der Waals surface area contributed by atoms with Gasteiger partial charge in [-0.15, -0.1) is 0 Å². The fourth-order valence-electron chi connectivity index (χ4n) is 0.449. The fraction of sp³-hybridized carbons (Fsp3) is 0.667. The molecule has 0 amide bonds. The lowest BCUT2D eigenvalue weighted by atomic mass is 10.2. The number of rotatable bonds is 3. The molecular formula is C6H13NO2. The number of hydrogen-bond acceptors (Lipinski definition) is 3. The highest BCUT2D eigenvalue weighted by Gasteiger charge is 1.94. The largest absolute Gasteiger partial charge is 0.393 e. The second-order valence-corrected chi connectivity index (χ2v) is 1.97. The van der Waals surface area contributed by atoms with E-state index in [0.29, 0.717) is 6.54 Å². The van der Waals surface area contributed by atoms with Crippen LogP contribution in [0.25, 0.3) is 0 Å². The topological polar surface area (TPSA) is 66.5 Å². The van der Waals surface area contributed by atoms with Gasteiger partial charge in [0.05, 0.1) is 12.7 Å². The Kier molecular flexibility index (Phi) is 4.30. The number of aliphatic hydroxyl groups excluding tert-OH is 2. The van der Waals surface area contributed by atoms with Crippen LogP contribution in [0.1, 0.15) is 6.92 Å². The summed E-state index contributed by atoms with van der Waals surface area (Å²) in [4.78, 5) is 0. The van der Waals surface area contributed by atoms with E-state index >= 15 is 0 Å². The van der Waals surface area contributed by atoms with Crippen LogP contribution in [0.3, 0.4) is 0 Å². The minimum absolute atomic E-state index is 0.239. The molecule has 0 rings (SSSR count). The molecule has 4 N–H and O–H groups in total. The van der Waals surface area contributed by atoms with E-state index in [9.17, 15) is 0 Å². The minimum atomic E-state index is -0.756. The van der Waals surface area contributed by atoms with Gasteiger partial charge in [0.15, 0.2) is 0 Å². The number of hydrogen-bond donors (Lipinski definition) is 3. The predicted molar refractivity (Wildman–Crippen MR) is 35.9 cm³/mol. The molecule has 0 bridgehead atoms. The van der Waals surface area contributed by atoms with Crippen LogP contribution in [-0.2, 0) is 0 Å². The summed E-state index contributed by atoms with van der Waals surface area (Å²) in [5.74, 6) is 0. The van der Waals surface area contributed by atoms with E-state index in [4.69, 9.17) is 15.9 Å². The smallest absolute Gasteiger partial charge is 0.0954 e. The van der Waals surface area contributed by atoms with E-state index in [0.717, 1.165) is 5.57 Å². The van der Waals surface area contributed by atoms with Gasteiger partial charge in [0, 0.05) is 6.54 Å². The van der Waals surface area contributed by atoms with Gasteiger partial charge in [-0.05, 0) is 6.92 Å². The lowest BCUT2D eigenvalue weighted by Gasteiger charge is -2.00. The van der Waals surface area contributed by atoms with Crippen LogP contribution in [0.5, 0.6) is 0 Å². The summed E-state index contributed by atoms with van der Waals surface area (Å²) in [5.41, 5.74) is 6.10. The van der Waals surface area contributed by atoms with Gasteiger partial charge in [0.2, 0.25) is 0 Å². The van der Waals surface area contributed by atoms with Crippen LogP contribution in [0.15, 0.2) is 11.6 Å². The normalized spacial score (nSPS) is 15.8. The van der Waals surface area contributed by atoms with Gasteiger partial charge in [0.25, 0.3) is 0 Å². The summed E-state index contributed by atoms with van der Waals surface area (Å²) >= 11 is 0. The molecule has 0 aliphatic rings. The van der Waals surface area contributed by atoms with Crippen molar-refractivity contribution in [1.29, 1.82) is 0 Å². The maximum absolute atomic E-state index is 8.78. The van der Waals surface area contributed by atoms with Gasteiger partial charge in [-0.3, -0.25) is 0 Å². The Balaban J connectivity index is 3.64. The summed E-state index contributed by atoms with van der Waals surface area (Å²) in [5, 5.41) is 17.1.